The lowest BCUT2D eigenvalue weighted by Gasteiger charge is -2.16. The Morgan fingerprint density at radius 3 is 2.26 bits per heavy atom. The quantitative estimate of drug-likeness (QED) is 0.682. The van der Waals surface area contributed by atoms with Gasteiger partial charge in [0.2, 0.25) is 0 Å². The molecule has 1 atom stereocenters. The van der Waals surface area contributed by atoms with E-state index in [0.717, 1.165) is 17.5 Å². The number of halogens is 3. The maximum atomic E-state index is 13.3. The molecule has 0 aliphatic heterocycles. The second kappa shape index (κ2) is 6.67. The van der Waals surface area contributed by atoms with E-state index >= 15 is 0 Å². The number of benzene rings is 2. The Morgan fingerprint density at radius 1 is 0.947 bits per heavy atom. The zero-order valence-corrected chi connectivity index (χ0v) is 11.2. The number of hydrogen-bond acceptors (Lipinski definition) is 0. The van der Waals surface area contributed by atoms with E-state index in [1.807, 2.05) is 12.1 Å². The molecule has 0 amide bonds. The van der Waals surface area contributed by atoms with Gasteiger partial charge in [-0.2, -0.15) is 0 Å². The maximum absolute atomic E-state index is 13.3. The minimum Gasteiger partial charge on any atom is -0.207 e. The van der Waals surface area contributed by atoms with Gasteiger partial charge in [0, 0.05) is 5.88 Å². The summed E-state index contributed by atoms with van der Waals surface area (Å²) in [5.41, 5.74) is 1.81. The second-order valence-corrected chi connectivity index (χ2v) is 4.94. The van der Waals surface area contributed by atoms with Crippen molar-refractivity contribution in [3.05, 3.63) is 71.3 Å². The summed E-state index contributed by atoms with van der Waals surface area (Å²) in [5, 5.41) is 0. The van der Waals surface area contributed by atoms with Crippen LogP contribution in [0.3, 0.4) is 0 Å². The molecule has 0 saturated heterocycles. The van der Waals surface area contributed by atoms with E-state index in [2.05, 4.69) is 0 Å². The van der Waals surface area contributed by atoms with Gasteiger partial charge < -0.3 is 0 Å². The Bertz CT molecular complexity index is 540. The van der Waals surface area contributed by atoms with Crippen molar-refractivity contribution in [2.24, 2.45) is 0 Å². The average Bonchev–Trinajstić information content (AvgIpc) is 2.38. The van der Waals surface area contributed by atoms with Crippen molar-refractivity contribution in [1.82, 2.24) is 0 Å². The van der Waals surface area contributed by atoms with Crippen LogP contribution in [0.4, 0.5) is 8.78 Å². The largest absolute Gasteiger partial charge is 0.207 e. The summed E-state index contributed by atoms with van der Waals surface area (Å²) >= 11 is 5.82. The van der Waals surface area contributed by atoms with Crippen molar-refractivity contribution >= 4 is 11.6 Å². The highest BCUT2D eigenvalue weighted by Gasteiger charge is 2.13. The van der Waals surface area contributed by atoms with Crippen molar-refractivity contribution < 1.29 is 8.78 Å². The van der Waals surface area contributed by atoms with E-state index < -0.39 is 0 Å². The summed E-state index contributed by atoms with van der Waals surface area (Å²) in [6.07, 6.45) is 1.40. The van der Waals surface area contributed by atoms with Gasteiger partial charge in [-0.25, -0.2) is 8.78 Å². The second-order valence-electron chi connectivity index (χ2n) is 4.56. The monoisotopic (exact) mass is 280 g/mol. The number of rotatable bonds is 5. The van der Waals surface area contributed by atoms with E-state index in [-0.39, 0.29) is 17.6 Å². The van der Waals surface area contributed by atoms with Crippen LogP contribution in [0.1, 0.15) is 23.5 Å². The van der Waals surface area contributed by atoms with Gasteiger partial charge in [-0.15, -0.1) is 11.6 Å². The van der Waals surface area contributed by atoms with E-state index in [9.17, 15) is 8.78 Å². The first-order chi connectivity index (χ1) is 9.19. The number of hydrogen-bond donors (Lipinski definition) is 0. The molecule has 3 heteroatoms. The van der Waals surface area contributed by atoms with Gasteiger partial charge >= 0.3 is 0 Å². The summed E-state index contributed by atoms with van der Waals surface area (Å²) < 4.78 is 26.5. The van der Waals surface area contributed by atoms with Crippen molar-refractivity contribution in [2.45, 2.75) is 18.8 Å². The van der Waals surface area contributed by atoms with E-state index in [1.165, 1.54) is 24.3 Å². The van der Waals surface area contributed by atoms with Crippen molar-refractivity contribution in [3.8, 4) is 0 Å². The fourth-order valence-corrected chi connectivity index (χ4v) is 2.49. The molecular weight excluding hydrogens is 266 g/mol. The molecule has 2 aromatic carbocycles. The highest BCUT2D eigenvalue weighted by atomic mass is 35.5. The molecule has 0 radical (unpaired) electrons. The molecule has 2 rings (SSSR count). The summed E-state index contributed by atoms with van der Waals surface area (Å²) in [6, 6.07) is 13.0. The molecule has 0 aliphatic rings. The van der Waals surface area contributed by atoms with Crippen LogP contribution < -0.4 is 0 Å². The van der Waals surface area contributed by atoms with Crippen LogP contribution in [0.2, 0.25) is 0 Å². The lowest BCUT2D eigenvalue weighted by molar-refractivity contribution is 0.605. The van der Waals surface area contributed by atoms with Crippen LogP contribution >= 0.6 is 11.6 Å². The fourth-order valence-electron chi connectivity index (χ4n) is 2.23. The van der Waals surface area contributed by atoms with Crippen LogP contribution in [0.5, 0.6) is 0 Å². The normalized spacial score (nSPS) is 12.4. The molecule has 0 N–H and O–H groups in total. The standard InChI is InChI=1S/C16H15ClF2/c17-8-7-14(13-4-2-6-16(19)11-13)9-12-3-1-5-15(18)10-12/h1-6,10-11,14H,7-9H2. The van der Waals surface area contributed by atoms with E-state index in [4.69, 9.17) is 11.6 Å². The maximum Gasteiger partial charge on any atom is 0.123 e. The molecule has 0 nitrogen and oxygen atoms in total. The molecule has 0 fully saturated rings. The first-order valence-electron chi connectivity index (χ1n) is 6.25. The SMILES string of the molecule is Fc1cccc(CC(CCCl)c2cccc(F)c2)c1. The van der Waals surface area contributed by atoms with Gasteiger partial charge in [0.05, 0.1) is 0 Å². The third-order valence-electron chi connectivity index (χ3n) is 3.15. The lowest BCUT2D eigenvalue weighted by Crippen LogP contribution is -2.05. The Balaban J connectivity index is 2.21. The van der Waals surface area contributed by atoms with Crippen LogP contribution in [0.25, 0.3) is 0 Å². The molecule has 0 spiro atoms. The summed E-state index contributed by atoms with van der Waals surface area (Å²) in [4.78, 5) is 0. The smallest absolute Gasteiger partial charge is 0.123 e. The highest BCUT2D eigenvalue weighted by molar-refractivity contribution is 6.17. The zero-order chi connectivity index (χ0) is 13.7. The topological polar surface area (TPSA) is 0 Å². The summed E-state index contributed by atoms with van der Waals surface area (Å²) in [7, 11) is 0. The van der Waals surface area contributed by atoms with E-state index in [0.29, 0.717) is 12.3 Å². The van der Waals surface area contributed by atoms with Crippen LogP contribution in [0, 0.1) is 11.6 Å². The molecule has 0 aromatic heterocycles. The molecule has 1 unspecified atom stereocenters. The zero-order valence-electron chi connectivity index (χ0n) is 10.5. The highest BCUT2D eigenvalue weighted by Crippen LogP contribution is 2.25. The molecule has 0 saturated carbocycles. The van der Waals surface area contributed by atoms with Gasteiger partial charge in [0.15, 0.2) is 0 Å². The third-order valence-corrected chi connectivity index (χ3v) is 3.37. The molecule has 19 heavy (non-hydrogen) atoms. The minimum absolute atomic E-state index is 0.106. The average molecular weight is 281 g/mol. The molecular formula is C16H15ClF2. The predicted molar refractivity (Wildman–Crippen MR) is 74.6 cm³/mol. The molecule has 0 heterocycles. The van der Waals surface area contributed by atoms with Gasteiger partial charge in [-0.05, 0) is 54.2 Å². The Labute approximate surface area is 117 Å². The molecule has 0 bridgehead atoms. The van der Waals surface area contributed by atoms with Crippen molar-refractivity contribution in [1.29, 1.82) is 0 Å². The van der Waals surface area contributed by atoms with Gasteiger partial charge in [0.25, 0.3) is 0 Å². The van der Waals surface area contributed by atoms with Crippen LogP contribution in [-0.2, 0) is 6.42 Å². The molecule has 2 aromatic rings. The van der Waals surface area contributed by atoms with Gasteiger partial charge in [0.1, 0.15) is 11.6 Å². The van der Waals surface area contributed by atoms with Gasteiger partial charge in [-0.3, -0.25) is 0 Å². The molecule has 100 valence electrons. The first kappa shape index (κ1) is 14.0. The third kappa shape index (κ3) is 4.03. The Kier molecular flexibility index (Phi) is 4.92. The first-order valence-corrected chi connectivity index (χ1v) is 6.78. The molecule has 0 aliphatic carbocycles. The fraction of sp³-hybridized carbons (Fsp3) is 0.250. The van der Waals surface area contributed by atoms with Crippen LogP contribution in [0.15, 0.2) is 48.5 Å². The summed E-state index contributed by atoms with van der Waals surface area (Å²) in [5.74, 6) is 0.101. The van der Waals surface area contributed by atoms with Crippen LogP contribution in [-0.4, -0.2) is 5.88 Å². The minimum atomic E-state index is -0.253. The lowest BCUT2D eigenvalue weighted by atomic mass is 9.90. The van der Waals surface area contributed by atoms with Gasteiger partial charge in [-0.1, -0.05) is 24.3 Å². The van der Waals surface area contributed by atoms with Crippen molar-refractivity contribution in [3.63, 3.8) is 0 Å². The predicted octanol–water partition coefficient (Wildman–Crippen LogP) is 4.92. The Hall–Kier alpha value is -1.41. The van der Waals surface area contributed by atoms with Crippen molar-refractivity contribution in [2.75, 3.05) is 5.88 Å². The van der Waals surface area contributed by atoms with E-state index in [1.54, 1.807) is 12.1 Å². The Morgan fingerprint density at radius 2 is 1.63 bits per heavy atom. The number of alkyl halides is 1. The summed E-state index contributed by atoms with van der Waals surface area (Å²) in [6.45, 7) is 0.